The molecule has 0 saturated heterocycles. The topological polar surface area (TPSA) is 50.7 Å². The van der Waals surface area contributed by atoms with Gasteiger partial charge in [0, 0.05) is 12.1 Å². The van der Waals surface area contributed by atoms with Gasteiger partial charge < -0.3 is 19.9 Å². The minimum absolute atomic E-state index is 0.162. The lowest BCUT2D eigenvalue weighted by atomic mass is 10.1. The Hall–Kier alpha value is -1.26. The predicted octanol–water partition coefficient (Wildman–Crippen LogP) is 2.00. The van der Waals surface area contributed by atoms with Gasteiger partial charge in [0.15, 0.2) is 11.5 Å². The van der Waals surface area contributed by atoms with E-state index in [0.29, 0.717) is 6.04 Å². The van der Waals surface area contributed by atoms with Crippen molar-refractivity contribution in [2.24, 2.45) is 0 Å². The van der Waals surface area contributed by atoms with Crippen LogP contribution in [0.25, 0.3) is 0 Å². The molecule has 0 aromatic heterocycles. The quantitative estimate of drug-likeness (QED) is 0.756. The van der Waals surface area contributed by atoms with E-state index >= 15 is 0 Å². The summed E-state index contributed by atoms with van der Waals surface area (Å²) in [4.78, 5) is 0. The first kappa shape index (κ1) is 15.8. The molecular formula is C15H25NO3. The van der Waals surface area contributed by atoms with Gasteiger partial charge in [-0.25, -0.2) is 0 Å². The van der Waals surface area contributed by atoms with E-state index in [9.17, 15) is 5.11 Å². The number of aliphatic hydroxyl groups excluding tert-OH is 1. The molecule has 0 amide bonds. The van der Waals surface area contributed by atoms with Gasteiger partial charge in [0.05, 0.1) is 20.8 Å². The lowest BCUT2D eigenvalue weighted by molar-refractivity contribution is 0.229. The van der Waals surface area contributed by atoms with E-state index < -0.39 is 0 Å². The first-order valence-corrected chi connectivity index (χ1v) is 6.72. The molecule has 108 valence electrons. The molecule has 0 aliphatic heterocycles. The Morgan fingerprint density at radius 2 is 1.89 bits per heavy atom. The summed E-state index contributed by atoms with van der Waals surface area (Å²) >= 11 is 0. The number of ether oxygens (including phenoxy) is 2. The van der Waals surface area contributed by atoms with Crippen molar-refractivity contribution in [3.05, 3.63) is 23.8 Å². The Morgan fingerprint density at radius 3 is 2.42 bits per heavy atom. The molecule has 0 aliphatic rings. The van der Waals surface area contributed by atoms with E-state index in [1.165, 1.54) is 5.56 Å². The summed E-state index contributed by atoms with van der Waals surface area (Å²) in [5.41, 5.74) is 1.19. The van der Waals surface area contributed by atoms with Gasteiger partial charge in [-0.1, -0.05) is 13.0 Å². The van der Waals surface area contributed by atoms with Gasteiger partial charge in [0.25, 0.3) is 0 Å². The lowest BCUT2D eigenvalue weighted by Gasteiger charge is -2.21. The maximum atomic E-state index is 9.19. The molecule has 4 nitrogen and oxygen atoms in total. The molecule has 0 saturated carbocycles. The summed E-state index contributed by atoms with van der Waals surface area (Å²) < 4.78 is 10.5. The second kappa shape index (κ2) is 8.02. The maximum Gasteiger partial charge on any atom is 0.160 e. The average Bonchev–Trinajstić information content (AvgIpc) is 2.44. The fraction of sp³-hybridized carbons (Fsp3) is 0.600. The molecule has 2 N–H and O–H groups in total. The molecule has 19 heavy (non-hydrogen) atoms. The second-order valence-corrected chi connectivity index (χ2v) is 4.75. The number of rotatable bonds is 8. The Morgan fingerprint density at radius 1 is 1.21 bits per heavy atom. The highest BCUT2D eigenvalue weighted by Crippen LogP contribution is 2.27. The number of nitrogens with one attached hydrogen (secondary N) is 1. The van der Waals surface area contributed by atoms with Gasteiger partial charge in [-0.3, -0.25) is 0 Å². The number of aliphatic hydroxyl groups is 1. The van der Waals surface area contributed by atoms with Crippen LogP contribution in [0, 0.1) is 0 Å². The summed E-state index contributed by atoms with van der Waals surface area (Å²) in [7, 11) is 3.27. The first-order chi connectivity index (χ1) is 9.14. The standard InChI is InChI=1S/C15H25NO3/c1-5-13(10-17)16-11(2)8-12-6-7-14(18-3)15(9-12)19-4/h6-7,9,11,13,16-17H,5,8,10H2,1-4H3. The van der Waals surface area contributed by atoms with Gasteiger partial charge in [0.1, 0.15) is 0 Å². The zero-order chi connectivity index (χ0) is 14.3. The van der Waals surface area contributed by atoms with E-state index in [0.717, 1.165) is 24.3 Å². The molecule has 0 bridgehead atoms. The van der Waals surface area contributed by atoms with E-state index in [1.54, 1.807) is 14.2 Å². The van der Waals surface area contributed by atoms with Crippen LogP contribution in [0.5, 0.6) is 11.5 Å². The smallest absolute Gasteiger partial charge is 0.160 e. The summed E-state index contributed by atoms with van der Waals surface area (Å²) in [6.07, 6.45) is 1.81. The highest BCUT2D eigenvalue weighted by molar-refractivity contribution is 5.43. The number of hydrogen-bond acceptors (Lipinski definition) is 4. The number of hydrogen-bond donors (Lipinski definition) is 2. The fourth-order valence-corrected chi connectivity index (χ4v) is 2.12. The van der Waals surface area contributed by atoms with Crippen LogP contribution in [0.3, 0.4) is 0 Å². The summed E-state index contributed by atoms with van der Waals surface area (Å²) in [5.74, 6) is 1.50. The normalized spacial score (nSPS) is 13.9. The average molecular weight is 267 g/mol. The predicted molar refractivity (Wildman–Crippen MR) is 77.0 cm³/mol. The monoisotopic (exact) mass is 267 g/mol. The van der Waals surface area contributed by atoms with Crippen LogP contribution >= 0.6 is 0 Å². The van der Waals surface area contributed by atoms with E-state index in [4.69, 9.17) is 9.47 Å². The highest BCUT2D eigenvalue weighted by atomic mass is 16.5. The lowest BCUT2D eigenvalue weighted by Crippen LogP contribution is -2.39. The van der Waals surface area contributed by atoms with E-state index in [-0.39, 0.29) is 12.6 Å². The minimum Gasteiger partial charge on any atom is -0.493 e. The van der Waals surface area contributed by atoms with Gasteiger partial charge >= 0.3 is 0 Å². The minimum atomic E-state index is 0.162. The van der Waals surface area contributed by atoms with Crippen molar-refractivity contribution in [3.8, 4) is 11.5 Å². The van der Waals surface area contributed by atoms with Crippen molar-refractivity contribution in [1.82, 2.24) is 5.32 Å². The Balaban J connectivity index is 2.66. The highest BCUT2D eigenvalue weighted by Gasteiger charge is 2.11. The van der Waals surface area contributed by atoms with Crippen molar-refractivity contribution >= 4 is 0 Å². The molecule has 2 unspecified atom stereocenters. The summed E-state index contributed by atoms with van der Waals surface area (Å²) in [6.45, 7) is 4.36. The van der Waals surface area contributed by atoms with Crippen LogP contribution in [0.15, 0.2) is 18.2 Å². The van der Waals surface area contributed by atoms with Crippen molar-refractivity contribution in [1.29, 1.82) is 0 Å². The largest absolute Gasteiger partial charge is 0.493 e. The zero-order valence-corrected chi connectivity index (χ0v) is 12.3. The molecule has 4 heteroatoms. The number of benzene rings is 1. The Bertz CT molecular complexity index is 378. The van der Waals surface area contributed by atoms with Gasteiger partial charge in [-0.15, -0.1) is 0 Å². The second-order valence-electron chi connectivity index (χ2n) is 4.75. The summed E-state index contributed by atoms with van der Waals surface area (Å²) in [5, 5.41) is 12.6. The molecule has 0 spiro atoms. The van der Waals surface area contributed by atoms with Crippen LogP contribution in [-0.4, -0.2) is 38.0 Å². The van der Waals surface area contributed by atoms with Crippen LogP contribution in [-0.2, 0) is 6.42 Å². The van der Waals surface area contributed by atoms with E-state index in [1.807, 2.05) is 18.2 Å². The van der Waals surface area contributed by atoms with Crippen LogP contribution in [0.4, 0.5) is 0 Å². The van der Waals surface area contributed by atoms with Gasteiger partial charge in [-0.2, -0.15) is 0 Å². The van der Waals surface area contributed by atoms with Crippen molar-refractivity contribution in [2.45, 2.75) is 38.8 Å². The molecule has 1 rings (SSSR count). The van der Waals surface area contributed by atoms with Crippen molar-refractivity contribution < 1.29 is 14.6 Å². The maximum absolute atomic E-state index is 9.19. The van der Waals surface area contributed by atoms with Gasteiger partial charge in [0.2, 0.25) is 0 Å². The zero-order valence-electron chi connectivity index (χ0n) is 12.3. The third-order valence-electron chi connectivity index (χ3n) is 3.22. The molecule has 0 radical (unpaired) electrons. The molecule has 1 aromatic carbocycles. The van der Waals surface area contributed by atoms with E-state index in [2.05, 4.69) is 19.2 Å². The molecule has 1 aromatic rings. The SMILES string of the molecule is CCC(CO)NC(C)Cc1ccc(OC)c(OC)c1. The fourth-order valence-electron chi connectivity index (χ4n) is 2.12. The van der Waals surface area contributed by atoms with Crippen molar-refractivity contribution in [2.75, 3.05) is 20.8 Å². The molecule has 0 fully saturated rings. The van der Waals surface area contributed by atoms with Crippen molar-refractivity contribution in [3.63, 3.8) is 0 Å². The van der Waals surface area contributed by atoms with Crippen LogP contribution in [0.1, 0.15) is 25.8 Å². The third-order valence-corrected chi connectivity index (χ3v) is 3.22. The van der Waals surface area contributed by atoms with Gasteiger partial charge in [-0.05, 0) is 37.5 Å². The summed E-state index contributed by atoms with van der Waals surface area (Å²) in [6, 6.07) is 6.42. The molecule has 0 aliphatic carbocycles. The Labute approximate surface area is 115 Å². The molecule has 2 atom stereocenters. The van der Waals surface area contributed by atoms with Crippen LogP contribution < -0.4 is 14.8 Å². The number of methoxy groups -OCH3 is 2. The van der Waals surface area contributed by atoms with Crippen LogP contribution in [0.2, 0.25) is 0 Å². The first-order valence-electron chi connectivity index (χ1n) is 6.72. The third kappa shape index (κ3) is 4.73. The molecule has 0 heterocycles. The Kier molecular flexibility index (Phi) is 6.67. The molecular weight excluding hydrogens is 242 g/mol.